The number of hydrogen-bond donors (Lipinski definition) is 3. The van der Waals surface area contributed by atoms with Gasteiger partial charge in [-0.3, -0.25) is 9.69 Å². The lowest BCUT2D eigenvalue weighted by Crippen LogP contribution is -2.45. The molecule has 6 nitrogen and oxygen atoms in total. The van der Waals surface area contributed by atoms with E-state index in [1.807, 2.05) is 30.6 Å². The van der Waals surface area contributed by atoms with E-state index in [4.69, 9.17) is 10.5 Å². The van der Waals surface area contributed by atoms with Crippen LogP contribution < -0.4 is 10.8 Å². The van der Waals surface area contributed by atoms with Gasteiger partial charge in [-0.1, -0.05) is 6.07 Å². The predicted octanol–water partition coefficient (Wildman–Crippen LogP) is 0.400. The number of nitriles is 1. The van der Waals surface area contributed by atoms with Crippen molar-refractivity contribution in [3.8, 4) is 6.07 Å². The van der Waals surface area contributed by atoms with E-state index in [1.54, 1.807) is 0 Å². The van der Waals surface area contributed by atoms with Crippen LogP contribution in [-0.4, -0.2) is 41.7 Å². The number of nitrogens with one attached hydrogen (secondary N) is 2. The Morgan fingerprint density at radius 2 is 2.33 bits per heavy atom. The molecule has 1 aromatic rings. The van der Waals surface area contributed by atoms with E-state index < -0.39 is 0 Å². The maximum Gasteiger partial charge on any atom is 0.236 e. The molecule has 3 N–H and O–H groups in total. The topological polar surface area (TPSA) is 88.4 Å². The number of amides is 1. The van der Waals surface area contributed by atoms with Crippen LogP contribution in [0, 0.1) is 11.3 Å². The minimum atomic E-state index is -0.228. The lowest BCUT2D eigenvalue weighted by molar-refractivity contribution is -0.122. The van der Waals surface area contributed by atoms with Gasteiger partial charge in [-0.15, -0.1) is 0 Å². The largest absolute Gasteiger partial charge is 0.351 e. The van der Waals surface area contributed by atoms with Crippen LogP contribution in [0.3, 0.4) is 0 Å². The molecule has 1 aliphatic heterocycles. The third-order valence-electron chi connectivity index (χ3n) is 3.61. The van der Waals surface area contributed by atoms with Gasteiger partial charge in [0.15, 0.2) is 0 Å². The molecule has 0 radical (unpaired) electrons. The van der Waals surface area contributed by atoms with Gasteiger partial charge in [0.1, 0.15) is 0 Å². The van der Waals surface area contributed by atoms with Crippen LogP contribution in [0.2, 0.25) is 0 Å². The van der Waals surface area contributed by atoms with Gasteiger partial charge < -0.3 is 10.5 Å². The molecule has 1 aliphatic rings. The van der Waals surface area contributed by atoms with E-state index in [2.05, 4.69) is 16.3 Å². The Kier molecular flexibility index (Phi) is 5.28. The third kappa shape index (κ3) is 4.26. The van der Waals surface area contributed by atoms with Gasteiger partial charge >= 0.3 is 0 Å². The minimum Gasteiger partial charge on any atom is -0.351 e. The normalized spacial score (nSPS) is 15.9. The summed E-state index contributed by atoms with van der Waals surface area (Å²) in [5.41, 5.74) is 5.02. The van der Waals surface area contributed by atoms with E-state index in [1.165, 1.54) is 11.1 Å². The van der Waals surface area contributed by atoms with Crippen LogP contribution in [0.5, 0.6) is 0 Å². The van der Waals surface area contributed by atoms with E-state index in [9.17, 15) is 4.79 Å². The molecule has 1 amide bonds. The molecule has 0 bridgehead atoms. The fourth-order valence-corrected chi connectivity index (χ4v) is 2.67. The lowest BCUT2D eigenvalue weighted by Gasteiger charge is -2.31. The number of hydroxylamine groups is 1. The SMILES string of the molecule is C[C@@H](CN1CCc2ccc(C#N)cc2C1)NC(=O)CNO. The molecule has 0 aliphatic carbocycles. The molecule has 0 saturated carbocycles. The molecule has 0 fully saturated rings. The molecule has 0 spiro atoms. The zero-order valence-corrected chi connectivity index (χ0v) is 12.1. The fraction of sp³-hybridized carbons (Fsp3) is 0.467. The summed E-state index contributed by atoms with van der Waals surface area (Å²) in [5, 5.41) is 20.3. The summed E-state index contributed by atoms with van der Waals surface area (Å²) in [4.78, 5) is 13.7. The average molecular weight is 288 g/mol. The zero-order valence-electron chi connectivity index (χ0n) is 12.1. The van der Waals surface area contributed by atoms with Crippen LogP contribution in [-0.2, 0) is 17.8 Å². The monoisotopic (exact) mass is 288 g/mol. The van der Waals surface area contributed by atoms with Crippen molar-refractivity contribution >= 4 is 5.91 Å². The van der Waals surface area contributed by atoms with Crippen LogP contribution in [0.1, 0.15) is 23.6 Å². The van der Waals surface area contributed by atoms with Gasteiger partial charge in [0, 0.05) is 25.7 Å². The van der Waals surface area contributed by atoms with Crippen LogP contribution in [0.15, 0.2) is 18.2 Å². The Bertz CT molecular complexity index is 553. The highest BCUT2D eigenvalue weighted by atomic mass is 16.5. The van der Waals surface area contributed by atoms with E-state index >= 15 is 0 Å². The first-order valence-electron chi connectivity index (χ1n) is 7.03. The van der Waals surface area contributed by atoms with Crippen LogP contribution in [0.4, 0.5) is 0 Å². The number of fused-ring (bicyclic) bond motifs is 1. The number of carbonyl (C=O) groups is 1. The number of hydrogen-bond acceptors (Lipinski definition) is 5. The molecule has 2 rings (SSSR count). The van der Waals surface area contributed by atoms with Crippen molar-refractivity contribution in [2.45, 2.75) is 25.9 Å². The van der Waals surface area contributed by atoms with Crippen molar-refractivity contribution in [2.75, 3.05) is 19.6 Å². The molecule has 1 heterocycles. The Balaban J connectivity index is 1.92. The number of carbonyl (C=O) groups excluding carboxylic acids is 1. The summed E-state index contributed by atoms with van der Waals surface area (Å²) in [5.74, 6) is -0.228. The van der Waals surface area contributed by atoms with Crippen molar-refractivity contribution in [2.24, 2.45) is 0 Å². The second kappa shape index (κ2) is 7.18. The van der Waals surface area contributed by atoms with Gasteiger partial charge in [-0.05, 0) is 36.6 Å². The Morgan fingerprint density at radius 1 is 1.52 bits per heavy atom. The van der Waals surface area contributed by atoms with Crippen molar-refractivity contribution in [1.29, 1.82) is 5.26 Å². The van der Waals surface area contributed by atoms with Gasteiger partial charge in [0.05, 0.1) is 18.2 Å². The molecule has 0 unspecified atom stereocenters. The van der Waals surface area contributed by atoms with E-state index in [-0.39, 0.29) is 18.5 Å². The molecular weight excluding hydrogens is 268 g/mol. The zero-order chi connectivity index (χ0) is 15.2. The number of benzene rings is 1. The van der Waals surface area contributed by atoms with Gasteiger partial charge in [-0.25, -0.2) is 0 Å². The van der Waals surface area contributed by atoms with Crippen LogP contribution in [0.25, 0.3) is 0 Å². The van der Waals surface area contributed by atoms with Crippen molar-refractivity contribution < 1.29 is 10.0 Å². The van der Waals surface area contributed by atoms with Gasteiger partial charge in [0.2, 0.25) is 5.91 Å². The Morgan fingerprint density at radius 3 is 3.05 bits per heavy atom. The number of nitrogens with zero attached hydrogens (tertiary/aromatic N) is 2. The average Bonchev–Trinajstić information content (AvgIpc) is 2.46. The van der Waals surface area contributed by atoms with E-state index in [0.29, 0.717) is 5.56 Å². The Labute approximate surface area is 124 Å². The molecule has 21 heavy (non-hydrogen) atoms. The second-order valence-electron chi connectivity index (χ2n) is 5.38. The van der Waals surface area contributed by atoms with Crippen molar-refractivity contribution in [3.63, 3.8) is 0 Å². The molecule has 0 saturated heterocycles. The van der Waals surface area contributed by atoms with Crippen molar-refractivity contribution in [3.05, 3.63) is 34.9 Å². The lowest BCUT2D eigenvalue weighted by atomic mass is 9.97. The fourth-order valence-electron chi connectivity index (χ4n) is 2.67. The third-order valence-corrected chi connectivity index (χ3v) is 3.61. The first-order chi connectivity index (χ1) is 10.1. The first kappa shape index (κ1) is 15.4. The maximum atomic E-state index is 11.4. The summed E-state index contributed by atoms with van der Waals surface area (Å²) >= 11 is 0. The summed E-state index contributed by atoms with van der Waals surface area (Å²) in [7, 11) is 0. The quantitative estimate of drug-likeness (QED) is 0.683. The molecule has 0 aromatic heterocycles. The highest BCUT2D eigenvalue weighted by Gasteiger charge is 2.19. The first-order valence-corrected chi connectivity index (χ1v) is 7.03. The minimum absolute atomic E-state index is 0.00606. The smallest absolute Gasteiger partial charge is 0.236 e. The molecule has 6 heteroatoms. The maximum absolute atomic E-state index is 11.4. The molecule has 1 atom stereocenters. The summed E-state index contributed by atoms with van der Waals surface area (Å²) in [6.07, 6.45) is 0.958. The van der Waals surface area contributed by atoms with Gasteiger partial charge in [0.25, 0.3) is 0 Å². The predicted molar refractivity (Wildman–Crippen MR) is 77.5 cm³/mol. The highest BCUT2D eigenvalue weighted by Crippen LogP contribution is 2.20. The van der Waals surface area contributed by atoms with E-state index in [0.717, 1.165) is 26.1 Å². The molecular formula is C15H20N4O2. The highest BCUT2D eigenvalue weighted by molar-refractivity contribution is 5.78. The van der Waals surface area contributed by atoms with Gasteiger partial charge in [-0.2, -0.15) is 10.7 Å². The number of rotatable bonds is 5. The second-order valence-corrected chi connectivity index (χ2v) is 5.38. The standard InChI is InChI=1S/C15H20N4O2/c1-11(18-15(20)8-17-21)9-19-5-4-13-3-2-12(7-16)6-14(13)10-19/h2-3,6,11,17,21H,4-5,8-10H2,1H3,(H,18,20)/t11-/m0/s1. The summed E-state index contributed by atoms with van der Waals surface area (Å²) in [6.45, 7) is 4.32. The summed E-state index contributed by atoms with van der Waals surface area (Å²) in [6, 6.07) is 8.01. The molecule has 112 valence electrons. The Hall–Kier alpha value is -1.94. The molecule has 1 aromatic carbocycles. The van der Waals surface area contributed by atoms with Crippen LogP contribution >= 0.6 is 0 Å². The summed E-state index contributed by atoms with van der Waals surface area (Å²) < 4.78 is 0. The van der Waals surface area contributed by atoms with Crippen molar-refractivity contribution in [1.82, 2.24) is 15.7 Å².